The Balaban J connectivity index is 2.74. The molecule has 2 rings (SSSR count). The maximum Gasteiger partial charge on any atom is 0.143 e. The zero-order valence-corrected chi connectivity index (χ0v) is 16.1. The van der Waals surface area contributed by atoms with Gasteiger partial charge < -0.3 is 0 Å². The van der Waals surface area contributed by atoms with Crippen molar-refractivity contribution in [2.75, 3.05) is 11.8 Å². The fourth-order valence-electron chi connectivity index (χ4n) is 3.62. The van der Waals surface area contributed by atoms with Crippen LogP contribution in [-0.4, -0.2) is 30.6 Å². The summed E-state index contributed by atoms with van der Waals surface area (Å²) in [5.74, 6) is -0.277. The Bertz CT molecular complexity index is 375. The number of hydrogen-bond donors (Lipinski definition) is 0. The molecular formula is C10H9Cl9. The minimum Gasteiger partial charge on any atom is -0.126 e. The Morgan fingerprint density at radius 1 is 1.00 bits per heavy atom. The van der Waals surface area contributed by atoms with E-state index in [4.69, 9.17) is 104 Å². The Morgan fingerprint density at radius 2 is 1.47 bits per heavy atom. The van der Waals surface area contributed by atoms with E-state index in [2.05, 4.69) is 0 Å². The van der Waals surface area contributed by atoms with Crippen molar-refractivity contribution in [3.05, 3.63) is 0 Å². The molecule has 2 bridgehead atoms. The van der Waals surface area contributed by atoms with Crippen molar-refractivity contribution < 1.29 is 0 Å². The molecule has 0 amide bonds. The average molecular weight is 448 g/mol. The molecule has 9 heteroatoms. The molecule has 0 aliphatic heterocycles. The maximum atomic E-state index is 6.47. The molecule has 2 fully saturated rings. The highest BCUT2D eigenvalue weighted by Gasteiger charge is 2.85. The van der Waals surface area contributed by atoms with Crippen molar-refractivity contribution in [2.24, 2.45) is 16.7 Å². The van der Waals surface area contributed by atoms with Gasteiger partial charge in [-0.3, -0.25) is 0 Å². The third-order valence-electron chi connectivity index (χ3n) is 4.54. The summed E-state index contributed by atoms with van der Waals surface area (Å²) in [6.07, 6.45) is 0.182. The van der Waals surface area contributed by atoms with E-state index in [0.717, 1.165) is 0 Å². The highest BCUT2D eigenvalue weighted by atomic mass is 35.5. The van der Waals surface area contributed by atoms with Crippen LogP contribution in [0, 0.1) is 16.7 Å². The summed E-state index contributed by atoms with van der Waals surface area (Å²) in [5.41, 5.74) is -1.90. The Kier molecular flexibility index (Phi) is 5.02. The smallest absolute Gasteiger partial charge is 0.126 e. The zero-order valence-electron chi connectivity index (χ0n) is 9.26. The lowest BCUT2D eigenvalue weighted by molar-refractivity contribution is 0.145. The largest absolute Gasteiger partial charge is 0.143 e. The minimum absolute atomic E-state index is 0.114. The van der Waals surface area contributed by atoms with Crippen LogP contribution in [0.5, 0.6) is 0 Å². The lowest BCUT2D eigenvalue weighted by Crippen LogP contribution is -2.53. The predicted octanol–water partition coefficient (Wildman–Crippen LogP) is 6.23. The van der Waals surface area contributed by atoms with Gasteiger partial charge in [-0.25, -0.2) is 0 Å². The molecule has 0 unspecified atom stereocenters. The van der Waals surface area contributed by atoms with E-state index in [-0.39, 0.29) is 18.2 Å². The summed E-state index contributed by atoms with van der Waals surface area (Å²) in [5, 5.41) is -0.753. The van der Waals surface area contributed by atoms with Gasteiger partial charge in [-0.05, 0) is 6.42 Å². The second-order valence-corrected chi connectivity index (χ2v) is 10.2. The molecule has 0 nitrogen and oxygen atoms in total. The average Bonchev–Trinajstić information content (AvgIpc) is 2.60. The molecule has 19 heavy (non-hydrogen) atoms. The third-order valence-corrected chi connectivity index (χ3v) is 8.92. The van der Waals surface area contributed by atoms with E-state index < -0.39 is 35.6 Å². The normalized spacial score (nSPS) is 42.0. The zero-order chi connectivity index (χ0) is 14.9. The Morgan fingerprint density at radius 3 is 1.79 bits per heavy atom. The molecule has 0 saturated heterocycles. The van der Waals surface area contributed by atoms with E-state index in [1.165, 1.54) is 0 Å². The van der Waals surface area contributed by atoms with E-state index in [9.17, 15) is 0 Å². The molecule has 2 aliphatic rings. The fraction of sp³-hybridized carbons (Fsp3) is 1.00. The van der Waals surface area contributed by atoms with Crippen molar-refractivity contribution in [1.29, 1.82) is 0 Å². The van der Waals surface area contributed by atoms with E-state index in [0.29, 0.717) is 0 Å². The van der Waals surface area contributed by atoms with E-state index in [1.54, 1.807) is 0 Å². The van der Waals surface area contributed by atoms with Crippen LogP contribution in [0.3, 0.4) is 0 Å². The number of rotatable bonds is 3. The molecule has 0 spiro atoms. The van der Waals surface area contributed by atoms with Gasteiger partial charge in [-0.1, -0.05) is 23.2 Å². The molecule has 0 N–H and O–H groups in total. The monoisotopic (exact) mass is 444 g/mol. The quantitative estimate of drug-likeness (QED) is 0.449. The summed E-state index contributed by atoms with van der Waals surface area (Å²) < 4.78 is -2.59. The Hall–Kier alpha value is 2.61. The van der Waals surface area contributed by atoms with Gasteiger partial charge in [0.2, 0.25) is 0 Å². The fourth-order valence-corrected chi connectivity index (χ4v) is 8.72. The van der Waals surface area contributed by atoms with Gasteiger partial charge in [0.05, 0.1) is 5.38 Å². The second kappa shape index (κ2) is 5.32. The van der Waals surface area contributed by atoms with Gasteiger partial charge in [0.25, 0.3) is 0 Å². The highest BCUT2D eigenvalue weighted by molar-refractivity contribution is 6.58. The molecule has 0 radical (unpaired) electrons. The first-order chi connectivity index (χ1) is 8.55. The van der Waals surface area contributed by atoms with Crippen LogP contribution >= 0.6 is 104 Å². The maximum absolute atomic E-state index is 6.47. The molecule has 3 atom stereocenters. The molecule has 0 aromatic heterocycles. The van der Waals surface area contributed by atoms with Crippen LogP contribution in [0.15, 0.2) is 0 Å². The highest BCUT2D eigenvalue weighted by Crippen LogP contribution is 2.81. The van der Waals surface area contributed by atoms with Gasteiger partial charge in [0.1, 0.15) is 13.5 Å². The van der Waals surface area contributed by atoms with Crippen molar-refractivity contribution in [2.45, 2.75) is 25.3 Å². The van der Waals surface area contributed by atoms with Crippen molar-refractivity contribution in [1.82, 2.24) is 0 Å². The summed E-state index contributed by atoms with van der Waals surface area (Å²) in [6, 6.07) is 0. The predicted molar refractivity (Wildman–Crippen MR) is 88.4 cm³/mol. The molecule has 0 heterocycles. The number of halogens is 9. The van der Waals surface area contributed by atoms with Crippen LogP contribution in [0.4, 0.5) is 0 Å². The van der Waals surface area contributed by atoms with Crippen molar-refractivity contribution in [3.8, 4) is 0 Å². The van der Waals surface area contributed by atoms with Crippen LogP contribution < -0.4 is 0 Å². The molecule has 2 aliphatic carbocycles. The lowest BCUT2D eigenvalue weighted by Gasteiger charge is -2.47. The third kappa shape index (κ3) is 1.94. The van der Waals surface area contributed by atoms with Gasteiger partial charge in [0.15, 0.2) is 0 Å². The topological polar surface area (TPSA) is 0 Å². The summed E-state index contributed by atoms with van der Waals surface area (Å²) >= 11 is 56.8. The standard InChI is InChI=1S/C10H9Cl9/c11-2-7(3-12)4-5(13)10(18,19)8(7,6(14)15)1-9(4,16)17/h4-6H,1-3H2/t4-,5-,8+/m0/s1. The van der Waals surface area contributed by atoms with Gasteiger partial charge in [-0.2, -0.15) is 0 Å². The van der Waals surface area contributed by atoms with E-state index in [1.807, 2.05) is 0 Å². The van der Waals surface area contributed by atoms with Gasteiger partial charge >= 0.3 is 0 Å². The minimum atomic E-state index is -1.41. The summed E-state index contributed by atoms with van der Waals surface area (Å²) in [6.45, 7) is 0. The Labute approximate surface area is 157 Å². The van der Waals surface area contributed by atoms with Crippen molar-refractivity contribution >= 4 is 104 Å². The van der Waals surface area contributed by atoms with Gasteiger partial charge in [0, 0.05) is 28.5 Å². The van der Waals surface area contributed by atoms with Crippen molar-refractivity contribution in [3.63, 3.8) is 0 Å². The van der Waals surface area contributed by atoms with Crippen LogP contribution in [0.1, 0.15) is 6.42 Å². The first-order valence-electron chi connectivity index (χ1n) is 5.35. The number of alkyl halides is 9. The van der Waals surface area contributed by atoms with Crippen LogP contribution in [-0.2, 0) is 0 Å². The summed E-state index contributed by atoms with van der Waals surface area (Å²) in [4.78, 5) is -0.953. The van der Waals surface area contributed by atoms with Gasteiger partial charge in [-0.15, -0.1) is 81.2 Å². The lowest BCUT2D eigenvalue weighted by atomic mass is 9.70. The first kappa shape index (κ1) is 18.0. The molecule has 112 valence electrons. The molecule has 0 aromatic carbocycles. The molecule has 0 aromatic rings. The van der Waals surface area contributed by atoms with E-state index >= 15 is 0 Å². The van der Waals surface area contributed by atoms with Crippen LogP contribution in [0.2, 0.25) is 0 Å². The number of fused-ring (bicyclic) bond motifs is 2. The second-order valence-electron chi connectivity index (χ2n) is 5.14. The SMILES string of the molecule is ClCC1(CCl)[C@@H]2[C@H](Cl)C(Cl)(Cl)[C@@]1(C(Cl)Cl)CC2(Cl)Cl. The molecule has 2 saturated carbocycles. The first-order valence-corrected chi connectivity index (χ1v) is 9.24. The van der Waals surface area contributed by atoms with Crippen LogP contribution in [0.25, 0.3) is 0 Å². The summed E-state index contributed by atoms with van der Waals surface area (Å²) in [7, 11) is 0. The molecular weight excluding hydrogens is 439 g/mol. The number of hydrogen-bond acceptors (Lipinski definition) is 0.